The molecule has 3 heteroatoms. The summed E-state index contributed by atoms with van der Waals surface area (Å²) >= 11 is 0. The van der Waals surface area contributed by atoms with Gasteiger partial charge in [-0.1, -0.05) is 6.07 Å². The maximum absolute atomic E-state index is 13.2. The van der Waals surface area contributed by atoms with Crippen molar-refractivity contribution in [2.45, 2.75) is 25.3 Å². The highest BCUT2D eigenvalue weighted by Gasteiger charge is 2.27. The van der Waals surface area contributed by atoms with Gasteiger partial charge in [0.2, 0.25) is 0 Å². The van der Waals surface area contributed by atoms with Crippen LogP contribution in [0.3, 0.4) is 0 Å². The van der Waals surface area contributed by atoms with E-state index in [2.05, 4.69) is 0 Å². The molecule has 1 nitrogen and oxygen atoms in total. The summed E-state index contributed by atoms with van der Waals surface area (Å²) in [5, 5.41) is 0. The molecule has 1 saturated carbocycles. The highest BCUT2D eigenvalue weighted by Crippen LogP contribution is 2.29. The lowest BCUT2D eigenvalue weighted by Crippen LogP contribution is -2.40. The van der Waals surface area contributed by atoms with E-state index < -0.39 is 11.6 Å². The molecule has 0 saturated heterocycles. The van der Waals surface area contributed by atoms with Crippen LogP contribution in [0, 0.1) is 17.6 Å². The molecule has 2 unspecified atom stereocenters. The standard InChI is InChI=1S/C11H13F2N/c12-9-3-1-7(10(13)6-9)5-8-2-4-11(8)14/h1,3,6,8,11H,2,4-5,14H2. The fraction of sp³-hybridized carbons (Fsp3) is 0.455. The molecule has 2 N–H and O–H groups in total. The van der Waals surface area contributed by atoms with Crippen molar-refractivity contribution in [3.8, 4) is 0 Å². The van der Waals surface area contributed by atoms with Gasteiger partial charge in [0.05, 0.1) is 0 Å². The molecule has 1 aromatic carbocycles. The Morgan fingerprint density at radius 1 is 1.29 bits per heavy atom. The normalized spacial score (nSPS) is 25.9. The van der Waals surface area contributed by atoms with Crippen LogP contribution in [0.2, 0.25) is 0 Å². The molecule has 0 aromatic heterocycles. The molecule has 2 rings (SSSR count). The van der Waals surface area contributed by atoms with Crippen LogP contribution in [0.15, 0.2) is 18.2 Å². The third-order valence-corrected chi connectivity index (χ3v) is 2.97. The average Bonchev–Trinajstić information content (AvgIpc) is 2.14. The highest BCUT2D eigenvalue weighted by molar-refractivity contribution is 5.19. The fourth-order valence-electron chi connectivity index (χ4n) is 1.82. The van der Waals surface area contributed by atoms with Gasteiger partial charge in [0.25, 0.3) is 0 Å². The Bertz CT molecular complexity index is 338. The molecular weight excluding hydrogens is 184 g/mol. The number of halogens is 2. The Balaban J connectivity index is 2.09. The van der Waals surface area contributed by atoms with Crippen molar-refractivity contribution in [3.05, 3.63) is 35.4 Å². The van der Waals surface area contributed by atoms with Crippen LogP contribution < -0.4 is 5.73 Å². The van der Waals surface area contributed by atoms with E-state index >= 15 is 0 Å². The summed E-state index contributed by atoms with van der Waals surface area (Å²) in [6.07, 6.45) is 2.71. The minimum Gasteiger partial charge on any atom is -0.327 e. The lowest BCUT2D eigenvalue weighted by molar-refractivity contribution is 0.253. The highest BCUT2D eigenvalue weighted by atomic mass is 19.1. The molecule has 76 valence electrons. The molecule has 0 bridgehead atoms. The van der Waals surface area contributed by atoms with Gasteiger partial charge in [0, 0.05) is 12.1 Å². The predicted octanol–water partition coefficient (Wildman–Crippen LogP) is 2.24. The third-order valence-electron chi connectivity index (χ3n) is 2.97. The summed E-state index contributed by atoms with van der Waals surface area (Å²) in [7, 11) is 0. The van der Waals surface area contributed by atoms with Gasteiger partial charge in [-0.2, -0.15) is 0 Å². The molecule has 0 radical (unpaired) electrons. The summed E-state index contributed by atoms with van der Waals surface area (Å²) < 4.78 is 25.8. The van der Waals surface area contributed by atoms with Crippen molar-refractivity contribution in [2.24, 2.45) is 11.7 Å². The van der Waals surface area contributed by atoms with E-state index in [0.29, 0.717) is 17.9 Å². The summed E-state index contributed by atoms with van der Waals surface area (Å²) in [5.41, 5.74) is 6.33. The van der Waals surface area contributed by atoms with Crippen molar-refractivity contribution in [3.63, 3.8) is 0 Å². The van der Waals surface area contributed by atoms with Gasteiger partial charge in [-0.05, 0) is 36.8 Å². The fourth-order valence-corrected chi connectivity index (χ4v) is 1.82. The van der Waals surface area contributed by atoms with Gasteiger partial charge in [0.1, 0.15) is 11.6 Å². The van der Waals surface area contributed by atoms with Crippen LogP contribution in [0.25, 0.3) is 0 Å². The Morgan fingerprint density at radius 2 is 2.07 bits per heavy atom. The Hall–Kier alpha value is -0.960. The van der Waals surface area contributed by atoms with E-state index in [1.54, 1.807) is 0 Å². The van der Waals surface area contributed by atoms with E-state index in [0.717, 1.165) is 18.9 Å². The number of hydrogen-bond donors (Lipinski definition) is 1. The van der Waals surface area contributed by atoms with Gasteiger partial charge in [-0.25, -0.2) is 8.78 Å². The summed E-state index contributed by atoms with van der Waals surface area (Å²) in [6, 6.07) is 3.93. The van der Waals surface area contributed by atoms with Gasteiger partial charge < -0.3 is 5.73 Å². The van der Waals surface area contributed by atoms with E-state index in [4.69, 9.17) is 5.73 Å². The summed E-state index contributed by atoms with van der Waals surface area (Å²) in [6.45, 7) is 0. The Morgan fingerprint density at radius 3 is 2.57 bits per heavy atom. The van der Waals surface area contributed by atoms with E-state index in [9.17, 15) is 8.78 Å². The number of rotatable bonds is 2. The lowest BCUT2D eigenvalue weighted by Gasteiger charge is -2.33. The van der Waals surface area contributed by atoms with Gasteiger partial charge in [0.15, 0.2) is 0 Å². The number of nitrogens with two attached hydrogens (primary N) is 1. The molecule has 0 spiro atoms. The second-order valence-electron chi connectivity index (χ2n) is 3.94. The molecule has 0 heterocycles. The van der Waals surface area contributed by atoms with E-state index in [-0.39, 0.29) is 6.04 Å². The second-order valence-corrected chi connectivity index (χ2v) is 3.94. The van der Waals surface area contributed by atoms with Crippen molar-refractivity contribution >= 4 is 0 Å². The first-order chi connectivity index (χ1) is 6.66. The zero-order valence-corrected chi connectivity index (χ0v) is 7.84. The Kier molecular flexibility index (Phi) is 2.50. The minimum absolute atomic E-state index is 0.194. The maximum Gasteiger partial charge on any atom is 0.129 e. The number of hydrogen-bond acceptors (Lipinski definition) is 1. The third kappa shape index (κ3) is 1.77. The Labute approximate surface area is 81.9 Å². The minimum atomic E-state index is -0.524. The predicted molar refractivity (Wildman–Crippen MR) is 50.8 cm³/mol. The van der Waals surface area contributed by atoms with Crippen molar-refractivity contribution in [2.75, 3.05) is 0 Å². The molecule has 0 aliphatic heterocycles. The van der Waals surface area contributed by atoms with Crippen LogP contribution in [0.5, 0.6) is 0 Å². The number of benzene rings is 1. The first-order valence-electron chi connectivity index (χ1n) is 4.86. The molecule has 1 aliphatic carbocycles. The lowest BCUT2D eigenvalue weighted by atomic mass is 9.76. The second kappa shape index (κ2) is 3.65. The van der Waals surface area contributed by atoms with Crippen molar-refractivity contribution in [1.82, 2.24) is 0 Å². The summed E-state index contributed by atoms with van der Waals surface area (Å²) in [5.74, 6) is -0.608. The summed E-state index contributed by atoms with van der Waals surface area (Å²) in [4.78, 5) is 0. The zero-order valence-electron chi connectivity index (χ0n) is 7.84. The van der Waals surface area contributed by atoms with E-state index in [1.807, 2.05) is 0 Å². The monoisotopic (exact) mass is 197 g/mol. The van der Waals surface area contributed by atoms with Crippen LogP contribution >= 0.6 is 0 Å². The van der Waals surface area contributed by atoms with Crippen molar-refractivity contribution in [1.29, 1.82) is 0 Å². The van der Waals surface area contributed by atoms with Crippen LogP contribution in [-0.2, 0) is 6.42 Å². The molecule has 1 aliphatic rings. The molecule has 1 fully saturated rings. The zero-order chi connectivity index (χ0) is 10.1. The van der Waals surface area contributed by atoms with Crippen LogP contribution in [-0.4, -0.2) is 6.04 Å². The maximum atomic E-state index is 13.2. The molecular formula is C11H13F2N. The average molecular weight is 197 g/mol. The molecule has 2 atom stereocenters. The van der Waals surface area contributed by atoms with E-state index in [1.165, 1.54) is 12.1 Å². The molecule has 14 heavy (non-hydrogen) atoms. The van der Waals surface area contributed by atoms with Crippen LogP contribution in [0.4, 0.5) is 8.78 Å². The van der Waals surface area contributed by atoms with Gasteiger partial charge in [-0.3, -0.25) is 0 Å². The quantitative estimate of drug-likeness (QED) is 0.773. The topological polar surface area (TPSA) is 26.0 Å². The van der Waals surface area contributed by atoms with Gasteiger partial charge >= 0.3 is 0 Å². The van der Waals surface area contributed by atoms with Crippen LogP contribution in [0.1, 0.15) is 18.4 Å². The van der Waals surface area contributed by atoms with Gasteiger partial charge in [-0.15, -0.1) is 0 Å². The van der Waals surface area contributed by atoms with Crippen molar-refractivity contribution < 1.29 is 8.78 Å². The largest absolute Gasteiger partial charge is 0.327 e. The first-order valence-corrected chi connectivity index (χ1v) is 4.86. The molecule has 1 aromatic rings. The smallest absolute Gasteiger partial charge is 0.129 e. The molecule has 0 amide bonds. The first kappa shape index (κ1) is 9.59. The SMILES string of the molecule is NC1CCC1Cc1ccc(F)cc1F.